The number of rotatable bonds is 10. The molecule has 0 radical (unpaired) electrons. The Kier molecular flexibility index (Phi) is 9.00. The van der Waals surface area contributed by atoms with Gasteiger partial charge in [0.2, 0.25) is 5.91 Å². The van der Waals surface area contributed by atoms with Crippen molar-refractivity contribution in [3.05, 3.63) is 53.6 Å². The minimum absolute atomic E-state index is 0.203. The van der Waals surface area contributed by atoms with Crippen molar-refractivity contribution < 1.29 is 38.5 Å². The van der Waals surface area contributed by atoms with Crippen LogP contribution in [0.25, 0.3) is 0 Å². The molecular weight excluding hydrogens is 492 g/mol. The number of nitrogens with zero attached hydrogens (tertiary/aromatic N) is 2. The number of ether oxygens (including phenoxy) is 3. The third-order valence-corrected chi connectivity index (χ3v) is 5.72. The number of para-hydroxylation sites is 1. The number of aliphatic carboxylic acids is 1. The molecule has 1 aliphatic rings. The zero-order valence-electron chi connectivity index (χ0n) is 19.2. The maximum atomic E-state index is 12.4. The molecule has 3 rings (SSSR count). The summed E-state index contributed by atoms with van der Waals surface area (Å²) in [5.74, 6) is -1.95. The van der Waals surface area contributed by atoms with E-state index in [9.17, 15) is 19.2 Å². The number of nitrogens with one attached hydrogen (secondary N) is 2. The van der Waals surface area contributed by atoms with Gasteiger partial charge in [-0.05, 0) is 35.9 Å². The van der Waals surface area contributed by atoms with Crippen molar-refractivity contribution in [2.24, 2.45) is 10.2 Å². The molecule has 2 aromatic carbocycles. The molecule has 1 fully saturated rings. The van der Waals surface area contributed by atoms with E-state index in [2.05, 4.69) is 20.8 Å². The van der Waals surface area contributed by atoms with E-state index in [1.54, 1.807) is 36.4 Å². The Labute approximate surface area is 209 Å². The number of carboxylic acid groups (broad SMARTS) is 1. The number of hydrogen-bond acceptors (Lipinski definition) is 10. The number of benzene rings is 2. The molecule has 1 unspecified atom stereocenters. The van der Waals surface area contributed by atoms with E-state index >= 15 is 0 Å². The number of carbonyl (C=O) groups excluding carboxylic acids is 3. The van der Waals surface area contributed by atoms with Gasteiger partial charge in [-0.3, -0.25) is 14.4 Å². The number of carbonyl (C=O) groups is 4. The first-order valence-corrected chi connectivity index (χ1v) is 11.3. The molecule has 1 aliphatic heterocycles. The maximum absolute atomic E-state index is 12.4. The molecule has 0 aliphatic carbocycles. The molecule has 1 heterocycles. The highest BCUT2D eigenvalue weighted by Gasteiger charge is 2.32. The standard InChI is InChI=1S/C23H22N4O8S/c1-33-17-9-13(11-24-27-23-26-21(31)18(36-23)10-20(29)30)7-8-16(17)35-12-19(28)25-15-6-4-3-5-14(15)22(32)34-2/h3-9,11,18H,10,12H2,1-2H3,(H,25,28)(H,29,30)(H,26,27,31). The fourth-order valence-electron chi connectivity index (χ4n) is 2.99. The lowest BCUT2D eigenvalue weighted by atomic mass is 10.2. The van der Waals surface area contributed by atoms with Crippen molar-refractivity contribution in [1.29, 1.82) is 0 Å². The second-order valence-electron chi connectivity index (χ2n) is 7.13. The lowest BCUT2D eigenvalue weighted by Crippen LogP contribution is -2.26. The van der Waals surface area contributed by atoms with Crippen LogP contribution in [0.4, 0.5) is 5.69 Å². The van der Waals surface area contributed by atoms with Crippen molar-refractivity contribution in [3.63, 3.8) is 0 Å². The summed E-state index contributed by atoms with van der Waals surface area (Å²) in [7, 11) is 2.68. The number of anilines is 1. The van der Waals surface area contributed by atoms with Gasteiger partial charge in [0.05, 0.1) is 38.1 Å². The Morgan fingerprint density at radius 3 is 2.67 bits per heavy atom. The highest BCUT2D eigenvalue weighted by molar-refractivity contribution is 8.15. The lowest BCUT2D eigenvalue weighted by Gasteiger charge is -2.12. The summed E-state index contributed by atoms with van der Waals surface area (Å²) in [6.07, 6.45) is 1.10. The van der Waals surface area contributed by atoms with Crippen LogP contribution in [-0.4, -0.2) is 66.3 Å². The van der Waals surface area contributed by atoms with E-state index < -0.39 is 29.0 Å². The zero-order chi connectivity index (χ0) is 26.1. The molecule has 2 aromatic rings. The first kappa shape index (κ1) is 26.2. The van der Waals surface area contributed by atoms with Crippen molar-refractivity contribution in [2.45, 2.75) is 11.7 Å². The Hall–Kier alpha value is -4.39. The van der Waals surface area contributed by atoms with Crippen LogP contribution in [-0.2, 0) is 19.1 Å². The second-order valence-corrected chi connectivity index (χ2v) is 8.32. The summed E-state index contributed by atoms with van der Waals surface area (Å²) in [6.45, 7) is -0.346. The number of hydrogen-bond donors (Lipinski definition) is 3. The normalized spacial score (nSPS) is 16.0. The third-order valence-electron chi connectivity index (χ3n) is 4.64. The Morgan fingerprint density at radius 1 is 1.17 bits per heavy atom. The summed E-state index contributed by atoms with van der Waals surface area (Å²) >= 11 is 0.992. The summed E-state index contributed by atoms with van der Waals surface area (Å²) in [5.41, 5.74) is 1.10. The molecular formula is C23H22N4O8S. The molecule has 0 spiro atoms. The monoisotopic (exact) mass is 514 g/mol. The predicted octanol–water partition coefficient (Wildman–Crippen LogP) is 1.90. The smallest absolute Gasteiger partial charge is 0.339 e. The summed E-state index contributed by atoms with van der Waals surface area (Å²) in [5, 5.41) is 21.2. The zero-order valence-corrected chi connectivity index (χ0v) is 20.0. The topological polar surface area (TPSA) is 165 Å². The highest BCUT2D eigenvalue weighted by Crippen LogP contribution is 2.28. The minimum atomic E-state index is -1.08. The second kappa shape index (κ2) is 12.4. The molecule has 2 amide bonds. The van der Waals surface area contributed by atoms with Crippen LogP contribution in [0.5, 0.6) is 11.5 Å². The van der Waals surface area contributed by atoms with Gasteiger partial charge < -0.3 is 30.0 Å². The number of methoxy groups -OCH3 is 2. The van der Waals surface area contributed by atoms with E-state index in [-0.39, 0.29) is 23.8 Å². The third kappa shape index (κ3) is 7.06. The van der Waals surface area contributed by atoms with Crippen molar-refractivity contribution in [3.8, 4) is 11.5 Å². The van der Waals surface area contributed by atoms with Crippen molar-refractivity contribution >= 4 is 52.6 Å². The summed E-state index contributed by atoms with van der Waals surface area (Å²) < 4.78 is 15.6. The number of amidine groups is 1. The van der Waals surface area contributed by atoms with E-state index in [1.807, 2.05) is 0 Å². The largest absolute Gasteiger partial charge is 0.493 e. The quantitative estimate of drug-likeness (QED) is 0.244. The molecule has 12 nitrogen and oxygen atoms in total. The maximum Gasteiger partial charge on any atom is 0.339 e. The average molecular weight is 515 g/mol. The summed E-state index contributed by atoms with van der Waals surface area (Å²) in [4.78, 5) is 46.7. The fourth-order valence-corrected chi connectivity index (χ4v) is 3.90. The van der Waals surface area contributed by atoms with Gasteiger partial charge in [-0.2, -0.15) is 5.10 Å². The van der Waals surface area contributed by atoms with E-state index in [0.29, 0.717) is 22.7 Å². The highest BCUT2D eigenvalue weighted by atomic mass is 32.2. The van der Waals surface area contributed by atoms with Gasteiger partial charge in [0.1, 0.15) is 5.25 Å². The average Bonchev–Trinajstić information content (AvgIpc) is 3.20. The molecule has 0 saturated carbocycles. The molecule has 0 aromatic heterocycles. The van der Waals surface area contributed by atoms with E-state index in [4.69, 9.17) is 19.3 Å². The first-order valence-electron chi connectivity index (χ1n) is 10.4. The molecule has 1 saturated heterocycles. The molecule has 0 bridgehead atoms. The first-order chi connectivity index (χ1) is 17.3. The molecule has 1 atom stereocenters. The van der Waals surface area contributed by atoms with Crippen LogP contribution in [0.2, 0.25) is 0 Å². The van der Waals surface area contributed by atoms with Crippen molar-refractivity contribution in [2.75, 3.05) is 26.1 Å². The van der Waals surface area contributed by atoms with E-state index in [0.717, 1.165) is 11.8 Å². The van der Waals surface area contributed by atoms with Crippen LogP contribution in [0.1, 0.15) is 22.3 Å². The summed E-state index contributed by atoms with van der Waals surface area (Å²) in [6, 6.07) is 11.3. The van der Waals surface area contributed by atoms with Gasteiger partial charge >= 0.3 is 11.9 Å². The number of thioether (sulfide) groups is 1. The Balaban J connectivity index is 1.60. The SMILES string of the molecule is COC(=O)c1ccccc1NC(=O)COc1ccc(C=NN=C2NC(=O)C(CC(=O)O)S2)cc1OC. The van der Waals surface area contributed by atoms with Crippen molar-refractivity contribution in [1.82, 2.24) is 5.32 Å². The molecule has 3 N–H and O–H groups in total. The molecule has 13 heteroatoms. The van der Waals surface area contributed by atoms with Crippen LogP contribution in [0.15, 0.2) is 52.7 Å². The predicted molar refractivity (Wildman–Crippen MR) is 132 cm³/mol. The van der Waals surface area contributed by atoms with Crippen LogP contribution >= 0.6 is 11.8 Å². The van der Waals surface area contributed by atoms with Gasteiger partial charge in [0.25, 0.3) is 5.91 Å². The van der Waals surface area contributed by atoms with Gasteiger partial charge in [-0.15, -0.1) is 5.10 Å². The van der Waals surface area contributed by atoms with Gasteiger partial charge in [0, 0.05) is 0 Å². The fraction of sp³-hybridized carbons (Fsp3) is 0.217. The molecule has 36 heavy (non-hydrogen) atoms. The number of carboxylic acids is 1. The minimum Gasteiger partial charge on any atom is -0.493 e. The van der Waals surface area contributed by atoms with Crippen LogP contribution in [0.3, 0.4) is 0 Å². The lowest BCUT2D eigenvalue weighted by molar-refractivity contribution is -0.138. The van der Waals surface area contributed by atoms with Crippen LogP contribution < -0.4 is 20.1 Å². The van der Waals surface area contributed by atoms with Gasteiger partial charge in [-0.25, -0.2) is 4.79 Å². The van der Waals surface area contributed by atoms with E-state index in [1.165, 1.54) is 26.5 Å². The Morgan fingerprint density at radius 2 is 1.94 bits per heavy atom. The number of esters is 1. The van der Waals surface area contributed by atoms with Crippen LogP contribution in [0, 0.1) is 0 Å². The Bertz CT molecular complexity index is 1230. The number of amides is 2. The molecule has 188 valence electrons. The van der Waals surface area contributed by atoms with Gasteiger partial charge in [-0.1, -0.05) is 23.9 Å². The van der Waals surface area contributed by atoms with Gasteiger partial charge in [0.15, 0.2) is 23.3 Å².